The highest BCUT2D eigenvalue weighted by Crippen LogP contribution is 2.25. The van der Waals surface area contributed by atoms with E-state index in [4.69, 9.17) is 11.6 Å². The van der Waals surface area contributed by atoms with Crippen molar-refractivity contribution in [3.8, 4) is 0 Å². The summed E-state index contributed by atoms with van der Waals surface area (Å²) in [6.45, 7) is 5.06. The van der Waals surface area contributed by atoms with Gasteiger partial charge < -0.3 is 10.3 Å². The fourth-order valence-corrected chi connectivity index (χ4v) is 3.62. The fraction of sp³-hybridized carbons (Fsp3) is 0.368. The van der Waals surface area contributed by atoms with Crippen molar-refractivity contribution in [3.05, 3.63) is 63.7 Å². The summed E-state index contributed by atoms with van der Waals surface area (Å²) >= 11 is 5.99. The number of H-pyrrole nitrogens is 1. The molecule has 7 nitrogen and oxygen atoms in total. The van der Waals surface area contributed by atoms with E-state index >= 15 is 0 Å². The number of rotatable bonds is 4. The number of benzene rings is 1. The van der Waals surface area contributed by atoms with Gasteiger partial charge in [-0.1, -0.05) is 23.7 Å². The minimum absolute atomic E-state index is 0.128. The van der Waals surface area contributed by atoms with E-state index in [0.717, 1.165) is 35.2 Å². The van der Waals surface area contributed by atoms with Gasteiger partial charge in [-0.15, -0.1) is 0 Å². The predicted octanol–water partition coefficient (Wildman–Crippen LogP) is 2.58. The number of aromatic nitrogens is 5. The molecule has 3 aromatic rings. The zero-order valence-corrected chi connectivity index (χ0v) is 16.0. The minimum Gasteiger partial charge on any atom is -0.350 e. The van der Waals surface area contributed by atoms with Crippen LogP contribution in [-0.4, -0.2) is 37.2 Å². The summed E-state index contributed by atoms with van der Waals surface area (Å²) in [5.74, 6) is 2.48. The Labute approximate surface area is 162 Å². The molecule has 0 unspecified atom stereocenters. The van der Waals surface area contributed by atoms with Crippen molar-refractivity contribution >= 4 is 17.5 Å². The van der Waals surface area contributed by atoms with Crippen molar-refractivity contribution < 1.29 is 4.79 Å². The Balaban J connectivity index is 1.53. The predicted molar refractivity (Wildman–Crippen MR) is 102 cm³/mol. The highest BCUT2D eigenvalue weighted by Gasteiger charge is 2.26. The van der Waals surface area contributed by atoms with E-state index in [1.54, 1.807) is 0 Å². The van der Waals surface area contributed by atoms with E-state index in [1.165, 1.54) is 0 Å². The van der Waals surface area contributed by atoms with E-state index < -0.39 is 0 Å². The van der Waals surface area contributed by atoms with Crippen molar-refractivity contribution in [2.75, 3.05) is 6.54 Å². The van der Waals surface area contributed by atoms with Gasteiger partial charge in [0.05, 0.1) is 6.54 Å². The number of halogens is 1. The maximum Gasteiger partial charge on any atom is 0.271 e. The van der Waals surface area contributed by atoms with Crippen molar-refractivity contribution in [2.24, 2.45) is 0 Å². The Kier molecular flexibility index (Phi) is 4.70. The molecule has 2 aromatic heterocycles. The molecule has 0 saturated heterocycles. The summed E-state index contributed by atoms with van der Waals surface area (Å²) in [6.07, 6.45) is 1.39. The number of fused-ring (bicyclic) bond motifs is 1. The molecule has 3 heterocycles. The average molecular weight is 385 g/mol. The molecule has 1 aliphatic rings. The van der Waals surface area contributed by atoms with Gasteiger partial charge in [0.1, 0.15) is 23.2 Å². The number of aromatic amines is 1. The summed E-state index contributed by atoms with van der Waals surface area (Å²) < 4.78 is 1.86. The average Bonchev–Trinajstić information content (AvgIpc) is 3.15. The standard InChI is InChI=1S/C19H21ClN6O/c1-11-22-12(2)26(25-11)8-7-17-23-16-9-14(10-21-19(27)18(16)24-17)13-3-5-15(20)6-4-13/h3-6,14H,7-10H2,1-2H3,(H,21,27)(H,23,24)/t14-/m1/s1. The van der Waals surface area contributed by atoms with Crippen LogP contribution in [0.15, 0.2) is 24.3 Å². The topological polar surface area (TPSA) is 88.5 Å². The second-order valence-corrected chi connectivity index (χ2v) is 7.29. The molecule has 0 spiro atoms. The van der Waals surface area contributed by atoms with Crippen LogP contribution in [0.2, 0.25) is 5.02 Å². The minimum atomic E-state index is -0.128. The molecule has 1 aliphatic heterocycles. The lowest BCUT2D eigenvalue weighted by Gasteiger charge is -2.14. The first kappa shape index (κ1) is 17.7. The van der Waals surface area contributed by atoms with Crippen LogP contribution in [0.1, 0.15) is 45.1 Å². The van der Waals surface area contributed by atoms with Crippen LogP contribution in [0, 0.1) is 13.8 Å². The van der Waals surface area contributed by atoms with Gasteiger partial charge in [0.25, 0.3) is 5.91 Å². The third kappa shape index (κ3) is 3.73. The maximum atomic E-state index is 12.4. The third-order valence-electron chi connectivity index (χ3n) is 4.87. The van der Waals surface area contributed by atoms with Gasteiger partial charge in [-0.3, -0.25) is 4.79 Å². The molecule has 27 heavy (non-hydrogen) atoms. The smallest absolute Gasteiger partial charge is 0.271 e. The number of amides is 1. The van der Waals surface area contributed by atoms with Crippen molar-refractivity contribution in [1.29, 1.82) is 0 Å². The Hall–Kier alpha value is -2.67. The summed E-state index contributed by atoms with van der Waals surface area (Å²) in [5, 5.41) is 8.06. The molecule has 140 valence electrons. The Morgan fingerprint density at radius 2 is 2.00 bits per heavy atom. The number of nitrogens with zero attached hydrogens (tertiary/aromatic N) is 4. The molecular formula is C19H21ClN6O. The van der Waals surface area contributed by atoms with Gasteiger partial charge >= 0.3 is 0 Å². The first-order valence-corrected chi connectivity index (χ1v) is 9.37. The van der Waals surface area contributed by atoms with Gasteiger partial charge in [0.2, 0.25) is 0 Å². The van der Waals surface area contributed by atoms with Gasteiger partial charge in [-0.2, -0.15) is 5.10 Å². The molecular weight excluding hydrogens is 364 g/mol. The molecule has 0 fully saturated rings. The van der Waals surface area contributed by atoms with E-state index in [9.17, 15) is 4.79 Å². The molecule has 1 amide bonds. The number of hydrogen-bond donors (Lipinski definition) is 2. The molecule has 4 rings (SSSR count). The lowest BCUT2D eigenvalue weighted by atomic mass is 9.94. The molecule has 8 heteroatoms. The molecule has 1 atom stereocenters. The monoisotopic (exact) mass is 384 g/mol. The number of carbonyl (C=O) groups excluding carboxylic acids is 1. The molecule has 0 saturated carbocycles. The molecule has 0 aliphatic carbocycles. The van der Waals surface area contributed by atoms with Gasteiger partial charge in [0.15, 0.2) is 0 Å². The number of aryl methyl sites for hydroxylation is 4. The largest absolute Gasteiger partial charge is 0.350 e. The normalized spacial score (nSPS) is 16.7. The number of imidazole rings is 1. The van der Waals surface area contributed by atoms with E-state index in [1.807, 2.05) is 42.8 Å². The van der Waals surface area contributed by atoms with Crippen LogP contribution >= 0.6 is 11.6 Å². The number of nitrogens with one attached hydrogen (secondary N) is 2. The lowest BCUT2D eigenvalue weighted by molar-refractivity contribution is 0.0950. The molecule has 0 bridgehead atoms. The van der Waals surface area contributed by atoms with Crippen LogP contribution < -0.4 is 5.32 Å². The van der Waals surface area contributed by atoms with Crippen LogP contribution in [0.25, 0.3) is 0 Å². The number of carbonyl (C=O) groups is 1. The van der Waals surface area contributed by atoms with Crippen LogP contribution in [-0.2, 0) is 19.4 Å². The van der Waals surface area contributed by atoms with Gasteiger partial charge in [0, 0.05) is 29.6 Å². The molecule has 1 aromatic carbocycles. The summed E-state index contributed by atoms with van der Waals surface area (Å²) in [6, 6.07) is 7.78. The van der Waals surface area contributed by atoms with Crippen molar-refractivity contribution in [3.63, 3.8) is 0 Å². The van der Waals surface area contributed by atoms with E-state index in [2.05, 4.69) is 25.4 Å². The highest BCUT2D eigenvalue weighted by molar-refractivity contribution is 6.30. The quantitative estimate of drug-likeness (QED) is 0.723. The second kappa shape index (κ2) is 7.15. The highest BCUT2D eigenvalue weighted by atomic mass is 35.5. The summed E-state index contributed by atoms with van der Waals surface area (Å²) in [7, 11) is 0. The van der Waals surface area contributed by atoms with Crippen LogP contribution in [0.5, 0.6) is 0 Å². The first-order chi connectivity index (χ1) is 13.0. The van der Waals surface area contributed by atoms with Crippen molar-refractivity contribution in [2.45, 2.75) is 39.2 Å². The zero-order chi connectivity index (χ0) is 19.0. The second-order valence-electron chi connectivity index (χ2n) is 6.85. The van der Waals surface area contributed by atoms with E-state index in [0.29, 0.717) is 30.2 Å². The Morgan fingerprint density at radius 1 is 1.22 bits per heavy atom. The van der Waals surface area contributed by atoms with Gasteiger partial charge in [-0.05, 0) is 38.0 Å². The number of hydrogen-bond acceptors (Lipinski definition) is 4. The maximum absolute atomic E-state index is 12.4. The van der Waals surface area contributed by atoms with Gasteiger partial charge in [-0.25, -0.2) is 14.6 Å². The Morgan fingerprint density at radius 3 is 2.70 bits per heavy atom. The SMILES string of the molecule is Cc1nc(C)n(CCc2nc3c([nH]2)C[C@@H](c2ccc(Cl)cc2)CNC3=O)n1. The zero-order valence-electron chi connectivity index (χ0n) is 15.3. The molecule has 2 N–H and O–H groups in total. The summed E-state index contributed by atoms with van der Waals surface area (Å²) in [5.41, 5.74) is 2.52. The lowest BCUT2D eigenvalue weighted by Crippen LogP contribution is -2.26. The van der Waals surface area contributed by atoms with Crippen molar-refractivity contribution in [1.82, 2.24) is 30.0 Å². The van der Waals surface area contributed by atoms with E-state index in [-0.39, 0.29) is 11.8 Å². The Bertz CT molecular complexity index is 975. The summed E-state index contributed by atoms with van der Waals surface area (Å²) in [4.78, 5) is 24.6. The first-order valence-electron chi connectivity index (χ1n) is 8.99. The fourth-order valence-electron chi connectivity index (χ4n) is 3.49. The van der Waals surface area contributed by atoms with Crippen LogP contribution in [0.4, 0.5) is 0 Å². The third-order valence-corrected chi connectivity index (χ3v) is 5.12. The molecule has 0 radical (unpaired) electrons. The van der Waals surface area contributed by atoms with Crippen LogP contribution in [0.3, 0.4) is 0 Å².